The number of nitrogens with two attached hydrogens (primary N) is 1. The first-order valence-corrected chi connectivity index (χ1v) is 7.52. The number of rotatable bonds is 4. The fraction of sp³-hybridized carbons (Fsp3) is 0.154. The maximum Gasteiger partial charge on any atom is 0.104 e. The maximum atomic E-state index is 5.60. The lowest BCUT2D eigenvalue weighted by molar-refractivity contribution is 1.16. The van der Waals surface area contributed by atoms with Gasteiger partial charge in [0.05, 0.1) is 0 Å². The molecular formula is C13H13BrN2S2. The van der Waals surface area contributed by atoms with Gasteiger partial charge in [-0.2, -0.15) is 0 Å². The Morgan fingerprint density at radius 3 is 2.78 bits per heavy atom. The highest BCUT2D eigenvalue weighted by molar-refractivity contribution is 9.10. The van der Waals surface area contributed by atoms with E-state index in [0.717, 1.165) is 22.3 Å². The summed E-state index contributed by atoms with van der Waals surface area (Å²) in [6, 6.07) is 7.98. The molecule has 5 heteroatoms. The monoisotopic (exact) mass is 340 g/mol. The van der Waals surface area contributed by atoms with Crippen molar-refractivity contribution in [3.63, 3.8) is 0 Å². The van der Waals surface area contributed by atoms with Crippen LogP contribution < -0.4 is 11.1 Å². The molecule has 2 nitrogen and oxygen atoms in total. The Morgan fingerprint density at radius 2 is 2.22 bits per heavy atom. The van der Waals surface area contributed by atoms with Crippen LogP contribution in [0.2, 0.25) is 0 Å². The number of hydrogen-bond acceptors (Lipinski definition) is 3. The number of hydrogen-bond donors (Lipinski definition) is 2. The summed E-state index contributed by atoms with van der Waals surface area (Å²) in [5, 5.41) is 5.51. The van der Waals surface area contributed by atoms with Crippen molar-refractivity contribution >= 4 is 50.2 Å². The van der Waals surface area contributed by atoms with Crippen LogP contribution in [0.3, 0.4) is 0 Å². The van der Waals surface area contributed by atoms with Crippen LogP contribution in [0.25, 0.3) is 0 Å². The molecule has 18 heavy (non-hydrogen) atoms. The third-order valence-electron chi connectivity index (χ3n) is 2.66. The van der Waals surface area contributed by atoms with Crippen molar-refractivity contribution in [1.82, 2.24) is 0 Å². The summed E-state index contributed by atoms with van der Waals surface area (Å²) in [6.07, 6.45) is 0. The topological polar surface area (TPSA) is 38.0 Å². The Balaban J connectivity index is 2.11. The average molecular weight is 341 g/mol. The van der Waals surface area contributed by atoms with Crippen molar-refractivity contribution in [2.24, 2.45) is 5.73 Å². The molecule has 0 unspecified atom stereocenters. The summed E-state index contributed by atoms with van der Waals surface area (Å²) in [5.41, 5.74) is 8.83. The molecular weight excluding hydrogens is 328 g/mol. The zero-order valence-corrected chi connectivity index (χ0v) is 13.1. The van der Waals surface area contributed by atoms with Gasteiger partial charge < -0.3 is 11.1 Å². The first-order chi connectivity index (χ1) is 8.58. The lowest BCUT2D eigenvalue weighted by Gasteiger charge is -2.09. The Labute approximate surface area is 124 Å². The van der Waals surface area contributed by atoms with E-state index in [1.807, 2.05) is 18.2 Å². The molecule has 94 valence electrons. The third-order valence-corrected chi connectivity index (χ3v) is 4.58. The average Bonchev–Trinajstić information content (AvgIpc) is 2.73. The van der Waals surface area contributed by atoms with E-state index < -0.39 is 0 Å². The van der Waals surface area contributed by atoms with Gasteiger partial charge in [0, 0.05) is 27.1 Å². The molecule has 0 radical (unpaired) electrons. The fourth-order valence-electron chi connectivity index (χ4n) is 1.57. The number of benzene rings is 1. The van der Waals surface area contributed by atoms with Crippen LogP contribution in [-0.4, -0.2) is 4.99 Å². The van der Waals surface area contributed by atoms with Crippen LogP contribution in [0.15, 0.2) is 34.1 Å². The predicted octanol–water partition coefficient (Wildman–Crippen LogP) is 4.07. The van der Waals surface area contributed by atoms with E-state index in [1.165, 1.54) is 10.4 Å². The van der Waals surface area contributed by atoms with Crippen LogP contribution in [0, 0.1) is 6.92 Å². The maximum absolute atomic E-state index is 5.60. The second-order valence-electron chi connectivity index (χ2n) is 3.94. The minimum absolute atomic E-state index is 0.413. The highest BCUT2D eigenvalue weighted by Crippen LogP contribution is 2.25. The van der Waals surface area contributed by atoms with E-state index in [0.29, 0.717) is 4.99 Å². The Hall–Kier alpha value is -0.910. The number of halogens is 1. The number of thiocarbonyl (C=S) groups is 1. The molecule has 0 aliphatic rings. The van der Waals surface area contributed by atoms with Gasteiger partial charge in [-0.15, -0.1) is 11.3 Å². The third kappa shape index (κ3) is 3.10. The van der Waals surface area contributed by atoms with Gasteiger partial charge in [-0.05, 0) is 58.1 Å². The molecule has 0 aliphatic heterocycles. The number of aryl methyl sites for hydroxylation is 1. The van der Waals surface area contributed by atoms with E-state index in [2.05, 4.69) is 39.6 Å². The van der Waals surface area contributed by atoms with E-state index in [4.69, 9.17) is 18.0 Å². The summed E-state index contributed by atoms with van der Waals surface area (Å²) in [4.78, 5) is 1.76. The van der Waals surface area contributed by atoms with Crippen molar-refractivity contribution in [3.05, 3.63) is 50.1 Å². The quantitative estimate of drug-likeness (QED) is 0.824. The first-order valence-electron chi connectivity index (χ1n) is 5.44. The van der Waals surface area contributed by atoms with Gasteiger partial charge in [0.2, 0.25) is 0 Å². The molecule has 0 aliphatic carbocycles. The lowest BCUT2D eigenvalue weighted by Crippen LogP contribution is -2.09. The molecule has 0 saturated carbocycles. The second-order valence-corrected chi connectivity index (χ2v) is 6.23. The Morgan fingerprint density at radius 1 is 1.44 bits per heavy atom. The smallest absolute Gasteiger partial charge is 0.104 e. The van der Waals surface area contributed by atoms with E-state index in [1.54, 1.807) is 11.3 Å². The standard InChI is InChI=1S/C13H13BrN2S2/c1-8-4-5-18-12(8)7-16-11-3-2-9(13(15)17)6-10(11)14/h2-6,16H,7H2,1H3,(H2,15,17). The molecule has 0 bridgehead atoms. The number of nitrogens with one attached hydrogen (secondary N) is 1. The molecule has 2 rings (SSSR count). The lowest BCUT2D eigenvalue weighted by atomic mass is 10.2. The van der Waals surface area contributed by atoms with Crippen LogP contribution in [0.4, 0.5) is 5.69 Å². The summed E-state index contributed by atoms with van der Waals surface area (Å²) in [7, 11) is 0. The molecule has 0 saturated heterocycles. The van der Waals surface area contributed by atoms with Gasteiger partial charge in [-0.1, -0.05) is 12.2 Å². The normalized spacial score (nSPS) is 10.3. The zero-order chi connectivity index (χ0) is 13.1. The minimum atomic E-state index is 0.413. The predicted molar refractivity (Wildman–Crippen MR) is 86.4 cm³/mol. The highest BCUT2D eigenvalue weighted by atomic mass is 79.9. The summed E-state index contributed by atoms with van der Waals surface area (Å²) in [6.45, 7) is 2.95. The SMILES string of the molecule is Cc1ccsc1CNc1ccc(C(N)=S)cc1Br. The van der Waals surface area contributed by atoms with E-state index >= 15 is 0 Å². The molecule has 3 N–H and O–H groups in total. The van der Waals surface area contributed by atoms with Gasteiger partial charge in [0.25, 0.3) is 0 Å². The molecule has 0 atom stereocenters. The van der Waals surface area contributed by atoms with Gasteiger partial charge in [-0.25, -0.2) is 0 Å². The summed E-state index contributed by atoms with van der Waals surface area (Å²) in [5.74, 6) is 0. The van der Waals surface area contributed by atoms with Crippen molar-refractivity contribution in [2.75, 3.05) is 5.32 Å². The van der Waals surface area contributed by atoms with Gasteiger partial charge in [-0.3, -0.25) is 0 Å². The van der Waals surface area contributed by atoms with Crippen LogP contribution >= 0.6 is 39.5 Å². The van der Waals surface area contributed by atoms with E-state index in [9.17, 15) is 0 Å². The van der Waals surface area contributed by atoms with Gasteiger partial charge >= 0.3 is 0 Å². The largest absolute Gasteiger partial charge is 0.389 e. The van der Waals surface area contributed by atoms with Crippen LogP contribution in [0.1, 0.15) is 16.0 Å². The van der Waals surface area contributed by atoms with E-state index in [-0.39, 0.29) is 0 Å². The highest BCUT2D eigenvalue weighted by Gasteiger charge is 2.04. The Bertz CT molecular complexity index is 578. The summed E-state index contributed by atoms with van der Waals surface area (Å²) < 4.78 is 0.974. The van der Waals surface area contributed by atoms with Crippen molar-refractivity contribution in [2.45, 2.75) is 13.5 Å². The zero-order valence-electron chi connectivity index (χ0n) is 9.87. The van der Waals surface area contributed by atoms with Gasteiger partial charge in [0.15, 0.2) is 0 Å². The molecule has 0 fully saturated rings. The van der Waals surface area contributed by atoms with Gasteiger partial charge in [0.1, 0.15) is 4.99 Å². The summed E-state index contributed by atoms with van der Waals surface area (Å²) >= 11 is 10.2. The van der Waals surface area contributed by atoms with Crippen LogP contribution in [0.5, 0.6) is 0 Å². The molecule has 2 aromatic rings. The minimum Gasteiger partial charge on any atom is -0.389 e. The Kier molecular flexibility index (Phi) is 4.37. The second kappa shape index (κ2) is 5.82. The number of anilines is 1. The number of thiophene rings is 1. The van der Waals surface area contributed by atoms with Crippen molar-refractivity contribution in [1.29, 1.82) is 0 Å². The van der Waals surface area contributed by atoms with Crippen molar-refractivity contribution in [3.8, 4) is 0 Å². The van der Waals surface area contributed by atoms with Crippen molar-refractivity contribution < 1.29 is 0 Å². The molecule has 1 aromatic heterocycles. The van der Waals surface area contributed by atoms with Crippen LogP contribution in [-0.2, 0) is 6.54 Å². The molecule has 1 aromatic carbocycles. The molecule has 0 amide bonds. The molecule has 1 heterocycles. The fourth-order valence-corrected chi connectivity index (χ4v) is 3.06. The first kappa shape index (κ1) is 13.5. The molecule has 0 spiro atoms.